The summed E-state index contributed by atoms with van der Waals surface area (Å²) in [6.07, 6.45) is 2.61. The van der Waals surface area contributed by atoms with Gasteiger partial charge in [0.2, 0.25) is 17.7 Å². The van der Waals surface area contributed by atoms with E-state index >= 15 is 0 Å². The van der Waals surface area contributed by atoms with Gasteiger partial charge in [-0.1, -0.05) is 25.1 Å². The predicted molar refractivity (Wildman–Crippen MR) is 120 cm³/mol. The number of nitrogens with zero attached hydrogens (tertiary/aromatic N) is 5. The second-order valence-electron chi connectivity index (χ2n) is 7.89. The van der Waals surface area contributed by atoms with Crippen molar-refractivity contribution in [1.29, 1.82) is 0 Å². The average Bonchev–Trinajstić information content (AvgIpc) is 3.46. The van der Waals surface area contributed by atoms with E-state index in [0.29, 0.717) is 50.1 Å². The summed E-state index contributed by atoms with van der Waals surface area (Å²) in [6.45, 7) is 4.57. The molecule has 1 fully saturated rings. The van der Waals surface area contributed by atoms with E-state index in [-0.39, 0.29) is 18.3 Å². The number of anilines is 1. The van der Waals surface area contributed by atoms with Crippen LogP contribution in [-0.2, 0) is 17.8 Å². The van der Waals surface area contributed by atoms with E-state index in [4.69, 9.17) is 4.42 Å². The van der Waals surface area contributed by atoms with Crippen molar-refractivity contribution in [1.82, 2.24) is 19.7 Å². The van der Waals surface area contributed by atoms with Crippen molar-refractivity contribution in [2.24, 2.45) is 0 Å². The summed E-state index contributed by atoms with van der Waals surface area (Å²) in [4.78, 5) is 16.8. The summed E-state index contributed by atoms with van der Waals surface area (Å²) in [5, 5.41) is 9.19. The van der Waals surface area contributed by atoms with Crippen LogP contribution in [0.5, 0.6) is 0 Å². The topological polar surface area (TPSA) is 67.4 Å². The number of carbonyl (C=O) groups is 1. The number of piperazine rings is 1. The van der Waals surface area contributed by atoms with Crippen molar-refractivity contribution < 1.29 is 13.6 Å². The van der Waals surface area contributed by atoms with Gasteiger partial charge in [0.25, 0.3) is 0 Å². The van der Waals surface area contributed by atoms with Crippen LogP contribution in [0, 0.1) is 5.82 Å². The quantitative estimate of drug-likeness (QED) is 0.480. The maximum absolute atomic E-state index is 14.1. The Morgan fingerprint density at radius 1 is 1.06 bits per heavy atom. The maximum atomic E-state index is 14.1. The lowest BCUT2D eigenvalue weighted by molar-refractivity contribution is -0.132. The number of aryl methyl sites for hydroxylation is 1. The van der Waals surface area contributed by atoms with Crippen molar-refractivity contribution >= 4 is 22.5 Å². The Labute approximate surface area is 185 Å². The van der Waals surface area contributed by atoms with Crippen molar-refractivity contribution in [2.45, 2.75) is 19.9 Å². The number of para-hydroxylation sites is 1. The Morgan fingerprint density at radius 2 is 1.88 bits per heavy atom. The minimum Gasteiger partial charge on any atom is -0.421 e. The van der Waals surface area contributed by atoms with Gasteiger partial charge in [0, 0.05) is 49.9 Å². The van der Waals surface area contributed by atoms with Gasteiger partial charge in [-0.3, -0.25) is 4.79 Å². The molecular weight excluding hydrogens is 409 g/mol. The highest BCUT2D eigenvalue weighted by molar-refractivity contribution is 5.86. The summed E-state index contributed by atoms with van der Waals surface area (Å²) in [7, 11) is 0. The van der Waals surface area contributed by atoms with Crippen LogP contribution in [0.2, 0.25) is 0 Å². The van der Waals surface area contributed by atoms with Gasteiger partial charge in [-0.25, -0.2) is 4.39 Å². The Morgan fingerprint density at radius 3 is 2.62 bits per heavy atom. The van der Waals surface area contributed by atoms with Crippen LogP contribution in [0.3, 0.4) is 0 Å². The van der Waals surface area contributed by atoms with Crippen LogP contribution in [0.1, 0.15) is 12.8 Å². The number of fused-ring (bicyclic) bond motifs is 1. The van der Waals surface area contributed by atoms with Gasteiger partial charge in [0.15, 0.2) is 0 Å². The minimum absolute atomic E-state index is 0.0483. The monoisotopic (exact) mass is 433 g/mol. The van der Waals surface area contributed by atoms with E-state index in [1.165, 1.54) is 6.07 Å². The van der Waals surface area contributed by atoms with Crippen LogP contribution in [0.4, 0.5) is 10.1 Å². The molecule has 0 atom stereocenters. The summed E-state index contributed by atoms with van der Waals surface area (Å²) in [6, 6.07) is 14.7. The number of hydrogen-bond donors (Lipinski definition) is 0. The second-order valence-corrected chi connectivity index (χ2v) is 7.89. The molecule has 32 heavy (non-hydrogen) atoms. The summed E-state index contributed by atoms with van der Waals surface area (Å²) < 4.78 is 21.7. The van der Waals surface area contributed by atoms with Gasteiger partial charge < -0.3 is 18.8 Å². The zero-order valence-electron chi connectivity index (χ0n) is 17.9. The first-order chi connectivity index (χ1) is 15.6. The second kappa shape index (κ2) is 8.45. The summed E-state index contributed by atoms with van der Waals surface area (Å²) in [5.74, 6) is 0.897. The fourth-order valence-electron chi connectivity index (χ4n) is 4.12. The van der Waals surface area contributed by atoms with Gasteiger partial charge in [-0.05, 0) is 35.7 Å². The van der Waals surface area contributed by atoms with Gasteiger partial charge >= 0.3 is 0 Å². The van der Waals surface area contributed by atoms with Crippen molar-refractivity contribution in [3.8, 4) is 11.5 Å². The smallest absolute Gasteiger partial charge is 0.247 e. The number of halogens is 1. The molecule has 164 valence electrons. The third-order valence-corrected chi connectivity index (χ3v) is 5.92. The summed E-state index contributed by atoms with van der Waals surface area (Å²) >= 11 is 0. The molecular formula is C24H24FN5O2. The number of benzene rings is 2. The Balaban J connectivity index is 1.29. The molecule has 8 heteroatoms. The van der Waals surface area contributed by atoms with Gasteiger partial charge in [0.05, 0.1) is 5.69 Å². The normalized spacial score (nSPS) is 14.3. The number of amides is 1. The van der Waals surface area contributed by atoms with Crippen molar-refractivity contribution in [3.05, 3.63) is 66.4 Å². The van der Waals surface area contributed by atoms with Crippen LogP contribution in [-0.4, -0.2) is 51.8 Å². The van der Waals surface area contributed by atoms with Gasteiger partial charge in [0.1, 0.15) is 12.4 Å². The maximum Gasteiger partial charge on any atom is 0.247 e. The number of rotatable bonds is 5. The standard InChI is InChI=1S/C24H24FN5O2/c1-2-22-26-27-24(32-22)18-8-7-17-9-10-30(21(17)15-18)16-23(31)29-13-11-28(12-14-29)20-6-4-3-5-19(20)25/h3-10,15H,2,11-14,16H2,1H3. The first kappa shape index (κ1) is 20.2. The van der Waals surface area contributed by atoms with E-state index in [0.717, 1.165) is 16.5 Å². The molecule has 1 saturated heterocycles. The van der Waals surface area contributed by atoms with Crippen LogP contribution < -0.4 is 4.90 Å². The molecule has 1 aliphatic heterocycles. The molecule has 0 radical (unpaired) electrons. The molecule has 0 unspecified atom stereocenters. The van der Waals surface area contributed by atoms with E-state index in [1.807, 2.05) is 57.8 Å². The first-order valence-electron chi connectivity index (χ1n) is 10.8. The molecule has 0 saturated carbocycles. The molecule has 3 heterocycles. The molecule has 0 N–H and O–H groups in total. The SMILES string of the molecule is CCc1nnc(-c2ccc3ccn(CC(=O)N4CCN(c5ccccc5F)CC4)c3c2)o1. The third-order valence-electron chi connectivity index (χ3n) is 5.92. The molecule has 0 bridgehead atoms. The average molecular weight is 433 g/mol. The van der Waals surface area contributed by atoms with Crippen LogP contribution in [0.15, 0.2) is 59.1 Å². The fourth-order valence-corrected chi connectivity index (χ4v) is 4.12. The van der Waals surface area contributed by atoms with Crippen LogP contribution in [0.25, 0.3) is 22.4 Å². The van der Waals surface area contributed by atoms with Gasteiger partial charge in [-0.15, -0.1) is 10.2 Å². The molecule has 2 aromatic carbocycles. The Hall–Kier alpha value is -3.68. The Bertz CT molecular complexity index is 1260. The van der Waals surface area contributed by atoms with Crippen molar-refractivity contribution in [3.63, 3.8) is 0 Å². The molecule has 0 spiro atoms. The molecule has 1 aliphatic rings. The molecule has 7 nitrogen and oxygen atoms in total. The van der Waals surface area contributed by atoms with Crippen molar-refractivity contribution in [2.75, 3.05) is 31.1 Å². The van der Waals surface area contributed by atoms with E-state index in [9.17, 15) is 9.18 Å². The largest absolute Gasteiger partial charge is 0.421 e. The highest BCUT2D eigenvalue weighted by atomic mass is 19.1. The molecule has 1 amide bonds. The lowest BCUT2D eigenvalue weighted by Crippen LogP contribution is -2.49. The first-order valence-corrected chi connectivity index (χ1v) is 10.8. The molecule has 5 rings (SSSR count). The highest BCUT2D eigenvalue weighted by Gasteiger charge is 2.23. The zero-order chi connectivity index (χ0) is 22.1. The van der Waals surface area contributed by atoms with E-state index in [2.05, 4.69) is 10.2 Å². The molecule has 0 aliphatic carbocycles. The van der Waals surface area contributed by atoms with E-state index < -0.39 is 0 Å². The van der Waals surface area contributed by atoms with Crippen LogP contribution >= 0.6 is 0 Å². The number of aromatic nitrogens is 3. The summed E-state index contributed by atoms with van der Waals surface area (Å²) in [5.41, 5.74) is 2.36. The van der Waals surface area contributed by atoms with E-state index in [1.54, 1.807) is 12.1 Å². The van der Waals surface area contributed by atoms with Gasteiger partial charge in [-0.2, -0.15) is 0 Å². The fraction of sp³-hybridized carbons (Fsp3) is 0.292. The lowest BCUT2D eigenvalue weighted by atomic mass is 10.1. The number of carbonyl (C=O) groups excluding carboxylic acids is 1. The predicted octanol–water partition coefficient (Wildman–Crippen LogP) is 3.74. The highest BCUT2D eigenvalue weighted by Crippen LogP contribution is 2.25. The molecule has 4 aromatic rings. The number of hydrogen-bond acceptors (Lipinski definition) is 5. The molecule has 2 aromatic heterocycles. The minimum atomic E-state index is -0.228. The third kappa shape index (κ3) is 3.84. The Kier molecular flexibility index (Phi) is 5.34. The zero-order valence-corrected chi connectivity index (χ0v) is 17.9. The lowest BCUT2D eigenvalue weighted by Gasteiger charge is -2.36.